The molecular formula is C15H11F4N7. The van der Waals surface area contributed by atoms with Gasteiger partial charge in [0.05, 0.1) is 0 Å². The van der Waals surface area contributed by atoms with Crippen molar-refractivity contribution in [1.29, 1.82) is 0 Å². The third-order valence-electron chi connectivity index (χ3n) is 3.14. The van der Waals surface area contributed by atoms with Crippen LogP contribution in [0, 0.1) is 0 Å². The van der Waals surface area contributed by atoms with Crippen LogP contribution in [0.1, 0.15) is 24.2 Å². The van der Waals surface area contributed by atoms with Gasteiger partial charge in [-0.05, 0) is 24.3 Å². The number of pyridine rings is 2. The number of nitrogens with two attached hydrogens (primary N) is 1. The first-order valence-corrected chi connectivity index (χ1v) is 7.20. The molecule has 3 aromatic rings. The van der Waals surface area contributed by atoms with Crippen molar-refractivity contribution >= 4 is 17.6 Å². The molecule has 26 heavy (non-hydrogen) atoms. The van der Waals surface area contributed by atoms with Crippen LogP contribution in [0.2, 0.25) is 0 Å². The first kappa shape index (κ1) is 17.5. The molecule has 3 rings (SSSR count). The summed E-state index contributed by atoms with van der Waals surface area (Å²) in [5, 5.41) is 2.70. The van der Waals surface area contributed by atoms with E-state index in [4.69, 9.17) is 5.73 Å². The van der Waals surface area contributed by atoms with E-state index in [1.54, 1.807) is 0 Å². The number of halogens is 4. The summed E-state index contributed by atoms with van der Waals surface area (Å²) >= 11 is 0. The van der Waals surface area contributed by atoms with Crippen LogP contribution in [0.4, 0.5) is 35.1 Å². The quantitative estimate of drug-likeness (QED) is 0.667. The zero-order chi connectivity index (χ0) is 18.7. The Morgan fingerprint density at radius 3 is 2.38 bits per heavy atom. The van der Waals surface area contributed by atoms with Crippen LogP contribution in [-0.4, -0.2) is 24.9 Å². The second-order valence-corrected chi connectivity index (χ2v) is 4.98. The standard InChI is InChI=1S/C15H11F4N7/c16-11(17)8-2-1-3-9(23-8)13-24-14(20)26-15(25-13)22-7-4-5-21-10(6-7)12(18)19/h1-6,11-12H,(H3,20,21,22,24,25,26). The first-order valence-electron chi connectivity index (χ1n) is 7.20. The van der Waals surface area contributed by atoms with E-state index in [0.29, 0.717) is 0 Å². The van der Waals surface area contributed by atoms with Crippen LogP contribution in [0.3, 0.4) is 0 Å². The van der Waals surface area contributed by atoms with Gasteiger partial charge >= 0.3 is 0 Å². The molecule has 3 heterocycles. The van der Waals surface area contributed by atoms with E-state index in [-0.39, 0.29) is 29.1 Å². The van der Waals surface area contributed by atoms with Crippen molar-refractivity contribution in [3.63, 3.8) is 0 Å². The largest absolute Gasteiger partial charge is 0.368 e. The molecule has 0 spiro atoms. The first-order chi connectivity index (χ1) is 12.4. The third-order valence-corrected chi connectivity index (χ3v) is 3.14. The smallest absolute Gasteiger partial charge is 0.280 e. The summed E-state index contributed by atoms with van der Waals surface area (Å²) < 4.78 is 51.0. The Morgan fingerprint density at radius 2 is 1.65 bits per heavy atom. The lowest BCUT2D eigenvalue weighted by atomic mass is 10.3. The Hall–Kier alpha value is -3.37. The predicted molar refractivity (Wildman–Crippen MR) is 84.9 cm³/mol. The topological polar surface area (TPSA) is 102 Å². The molecule has 0 unspecified atom stereocenters. The lowest BCUT2D eigenvalue weighted by molar-refractivity contribution is 0.145. The van der Waals surface area contributed by atoms with Crippen LogP contribution in [0.5, 0.6) is 0 Å². The van der Waals surface area contributed by atoms with Crippen molar-refractivity contribution in [1.82, 2.24) is 24.9 Å². The molecule has 0 aliphatic rings. The number of nitrogens with zero attached hydrogens (tertiary/aromatic N) is 5. The van der Waals surface area contributed by atoms with E-state index >= 15 is 0 Å². The van der Waals surface area contributed by atoms with Gasteiger partial charge in [0.2, 0.25) is 11.9 Å². The van der Waals surface area contributed by atoms with Crippen molar-refractivity contribution in [2.75, 3.05) is 11.1 Å². The van der Waals surface area contributed by atoms with E-state index < -0.39 is 24.2 Å². The fourth-order valence-corrected chi connectivity index (χ4v) is 2.03. The second kappa shape index (κ2) is 7.25. The number of hydrogen-bond acceptors (Lipinski definition) is 7. The maximum Gasteiger partial charge on any atom is 0.280 e. The third kappa shape index (κ3) is 3.99. The van der Waals surface area contributed by atoms with Gasteiger partial charge in [0, 0.05) is 11.9 Å². The van der Waals surface area contributed by atoms with E-state index in [0.717, 1.165) is 6.07 Å². The van der Waals surface area contributed by atoms with Crippen LogP contribution in [0.15, 0.2) is 36.5 Å². The normalized spacial score (nSPS) is 11.2. The van der Waals surface area contributed by atoms with E-state index in [9.17, 15) is 17.6 Å². The molecule has 0 atom stereocenters. The molecular weight excluding hydrogens is 354 g/mol. The highest BCUT2D eigenvalue weighted by Crippen LogP contribution is 2.23. The molecule has 0 amide bonds. The molecule has 0 aliphatic heterocycles. The SMILES string of the molecule is Nc1nc(Nc2ccnc(C(F)F)c2)nc(-c2cccc(C(F)F)n2)n1. The van der Waals surface area contributed by atoms with Crippen molar-refractivity contribution in [2.24, 2.45) is 0 Å². The molecule has 0 aliphatic carbocycles. The van der Waals surface area contributed by atoms with Crippen LogP contribution < -0.4 is 11.1 Å². The summed E-state index contributed by atoms with van der Waals surface area (Å²) in [6.07, 6.45) is -4.29. The highest BCUT2D eigenvalue weighted by Gasteiger charge is 2.14. The molecule has 0 bridgehead atoms. The lowest BCUT2D eigenvalue weighted by Crippen LogP contribution is -2.06. The molecule has 3 N–H and O–H groups in total. The van der Waals surface area contributed by atoms with Gasteiger partial charge in [-0.2, -0.15) is 15.0 Å². The zero-order valence-corrected chi connectivity index (χ0v) is 12.9. The second-order valence-electron chi connectivity index (χ2n) is 4.98. The van der Waals surface area contributed by atoms with Crippen molar-refractivity contribution in [3.8, 4) is 11.5 Å². The average Bonchev–Trinajstić information content (AvgIpc) is 2.61. The monoisotopic (exact) mass is 365 g/mol. The van der Waals surface area contributed by atoms with Crippen molar-refractivity contribution in [3.05, 3.63) is 47.9 Å². The molecule has 0 fully saturated rings. The molecule has 0 saturated heterocycles. The zero-order valence-electron chi connectivity index (χ0n) is 12.9. The van der Waals surface area contributed by atoms with Gasteiger partial charge in [-0.25, -0.2) is 22.5 Å². The van der Waals surface area contributed by atoms with Gasteiger partial charge in [0.15, 0.2) is 5.82 Å². The molecule has 134 valence electrons. The number of hydrogen-bond donors (Lipinski definition) is 2. The Bertz CT molecular complexity index is 920. The van der Waals surface area contributed by atoms with Gasteiger partial charge < -0.3 is 11.1 Å². The minimum Gasteiger partial charge on any atom is -0.368 e. The fourth-order valence-electron chi connectivity index (χ4n) is 2.03. The molecule has 0 aromatic carbocycles. The van der Waals surface area contributed by atoms with E-state index in [2.05, 4.69) is 30.2 Å². The number of anilines is 3. The van der Waals surface area contributed by atoms with Crippen molar-refractivity contribution in [2.45, 2.75) is 12.9 Å². The summed E-state index contributed by atoms with van der Waals surface area (Å²) in [5.41, 5.74) is 5.07. The number of nitrogens with one attached hydrogen (secondary N) is 1. The molecule has 3 aromatic heterocycles. The Morgan fingerprint density at radius 1 is 0.885 bits per heavy atom. The maximum atomic E-state index is 12.8. The minimum atomic E-state index is -2.75. The van der Waals surface area contributed by atoms with Crippen LogP contribution in [-0.2, 0) is 0 Å². The lowest BCUT2D eigenvalue weighted by Gasteiger charge is -2.08. The van der Waals surface area contributed by atoms with Gasteiger partial charge in [-0.3, -0.25) is 4.98 Å². The summed E-state index contributed by atoms with van der Waals surface area (Å²) in [6.45, 7) is 0. The number of alkyl halides is 4. The summed E-state index contributed by atoms with van der Waals surface area (Å²) in [4.78, 5) is 19.1. The van der Waals surface area contributed by atoms with Crippen LogP contribution >= 0.6 is 0 Å². The molecule has 11 heteroatoms. The van der Waals surface area contributed by atoms with Crippen molar-refractivity contribution < 1.29 is 17.6 Å². The van der Waals surface area contributed by atoms with Gasteiger partial charge in [0.25, 0.3) is 12.9 Å². The van der Waals surface area contributed by atoms with E-state index in [1.165, 1.54) is 30.5 Å². The summed E-state index contributed by atoms with van der Waals surface area (Å²) in [5.74, 6) is -0.279. The summed E-state index contributed by atoms with van der Waals surface area (Å²) in [7, 11) is 0. The van der Waals surface area contributed by atoms with Gasteiger partial charge in [-0.15, -0.1) is 0 Å². The van der Waals surface area contributed by atoms with Crippen LogP contribution in [0.25, 0.3) is 11.5 Å². The number of aromatic nitrogens is 5. The predicted octanol–water partition coefficient (Wildman–Crippen LogP) is 3.53. The Kier molecular flexibility index (Phi) is 4.87. The Labute approximate surface area is 144 Å². The minimum absolute atomic E-state index is 0.0364. The molecule has 7 nitrogen and oxygen atoms in total. The van der Waals surface area contributed by atoms with Gasteiger partial charge in [-0.1, -0.05) is 6.07 Å². The van der Waals surface area contributed by atoms with E-state index in [1.807, 2.05) is 0 Å². The highest BCUT2D eigenvalue weighted by molar-refractivity contribution is 5.58. The highest BCUT2D eigenvalue weighted by atomic mass is 19.3. The van der Waals surface area contributed by atoms with Gasteiger partial charge in [0.1, 0.15) is 17.1 Å². The molecule has 0 radical (unpaired) electrons. The molecule has 0 saturated carbocycles. The average molecular weight is 365 g/mol. The fraction of sp³-hybridized carbons (Fsp3) is 0.133. The summed E-state index contributed by atoms with van der Waals surface area (Å²) in [6, 6.07) is 6.54. The Balaban J connectivity index is 1.93. The number of rotatable bonds is 5. The maximum absolute atomic E-state index is 12.8. The number of nitrogen functional groups attached to an aromatic ring is 1.